The maximum Gasteiger partial charge on any atom is 0.251 e. The van der Waals surface area contributed by atoms with Gasteiger partial charge in [-0.3, -0.25) is 4.79 Å². The minimum atomic E-state index is -0.0401. The highest BCUT2D eigenvalue weighted by molar-refractivity contribution is 5.96. The molecule has 0 unspecified atom stereocenters. The Labute approximate surface area is 101 Å². The van der Waals surface area contributed by atoms with Crippen molar-refractivity contribution >= 4 is 11.6 Å². The fraction of sp³-hybridized carbons (Fsp3) is 0.462. The van der Waals surface area contributed by atoms with Gasteiger partial charge in [0.05, 0.1) is 0 Å². The summed E-state index contributed by atoms with van der Waals surface area (Å²) in [4.78, 5) is 12.1. The molecule has 1 aromatic rings. The molecule has 0 aromatic heterocycles. The molecule has 0 atom stereocenters. The Balaban J connectivity index is 2.05. The van der Waals surface area contributed by atoms with Crippen molar-refractivity contribution < 1.29 is 9.53 Å². The van der Waals surface area contributed by atoms with Crippen LogP contribution in [0.3, 0.4) is 0 Å². The molecule has 1 aliphatic heterocycles. The van der Waals surface area contributed by atoms with E-state index in [0.29, 0.717) is 11.3 Å². The third-order valence-corrected chi connectivity index (χ3v) is 3.06. The number of ether oxygens (including phenoxy) is 1. The molecule has 1 saturated heterocycles. The number of amides is 1. The number of anilines is 1. The second kappa shape index (κ2) is 5.19. The fourth-order valence-corrected chi connectivity index (χ4v) is 1.99. The summed E-state index contributed by atoms with van der Waals surface area (Å²) < 4.78 is 5.26. The van der Waals surface area contributed by atoms with E-state index in [2.05, 4.69) is 5.32 Å². The lowest BCUT2D eigenvalue weighted by molar-refractivity contribution is 0.0696. The zero-order valence-corrected chi connectivity index (χ0v) is 10.0. The summed E-state index contributed by atoms with van der Waals surface area (Å²) in [5.41, 5.74) is 7.93. The smallest absolute Gasteiger partial charge is 0.251 e. The highest BCUT2D eigenvalue weighted by atomic mass is 16.5. The minimum Gasteiger partial charge on any atom is -0.399 e. The highest BCUT2D eigenvalue weighted by Crippen LogP contribution is 2.14. The van der Waals surface area contributed by atoms with Gasteiger partial charge in [0.2, 0.25) is 0 Å². The summed E-state index contributed by atoms with van der Waals surface area (Å²) in [5.74, 6) is -0.0401. The average molecular weight is 234 g/mol. The number of aryl methyl sites for hydroxylation is 1. The summed E-state index contributed by atoms with van der Waals surface area (Å²) in [5, 5.41) is 3.03. The Hall–Kier alpha value is -1.55. The van der Waals surface area contributed by atoms with Gasteiger partial charge in [-0.2, -0.15) is 0 Å². The van der Waals surface area contributed by atoms with Crippen LogP contribution in [-0.2, 0) is 4.74 Å². The quantitative estimate of drug-likeness (QED) is 0.762. The van der Waals surface area contributed by atoms with E-state index in [-0.39, 0.29) is 11.9 Å². The Morgan fingerprint density at radius 1 is 1.41 bits per heavy atom. The van der Waals surface area contributed by atoms with Gasteiger partial charge in [0.25, 0.3) is 5.91 Å². The second-order valence-electron chi connectivity index (χ2n) is 4.43. The first kappa shape index (κ1) is 11.9. The molecular weight excluding hydrogens is 216 g/mol. The fourth-order valence-electron chi connectivity index (χ4n) is 1.99. The number of nitrogens with one attached hydrogen (secondary N) is 1. The third-order valence-electron chi connectivity index (χ3n) is 3.06. The predicted octanol–water partition coefficient (Wildman–Crippen LogP) is 1.49. The number of hydrogen-bond donors (Lipinski definition) is 2. The van der Waals surface area contributed by atoms with Crippen molar-refractivity contribution in [3.63, 3.8) is 0 Å². The predicted molar refractivity (Wildman–Crippen MR) is 66.9 cm³/mol. The van der Waals surface area contributed by atoms with Crippen LogP contribution in [0.25, 0.3) is 0 Å². The lowest BCUT2D eigenvalue weighted by Gasteiger charge is -2.23. The molecule has 1 heterocycles. The highest BCUT2D eigenvalue weighted by Gasteiger charge is 2.17. The molecular formula is C13H18N2O2. The first-order valence-corrected chi connectivity index (χ1v) is 5.91. The average Bonchev–Trinajstić information content (AvgIpc) is 2.33. The largest absolute Gasteiger partial charge is 0.399 e. The molecule has 1 aliphatic rings. The molecule has 4 heteroatoms. The lowest BCUT2D eigenvalue weighted by atomic mass is 10.0. The zero-order valence-electron chi connectivity index (χ0n) is 10.0. The minimum absolute atomic E-state index is 0.0401. The van der Waals surface area contributed by atoms with Gasteiger partial charge >= 0.3 is 0 Å². The lowest BCUT2D eigenvalue weighted by Crippen LogP contribution is -2.39. The Bertz CT molecular complexity index is 412. The van der Waals surface area contributed by atoms with Gasteiger partial charge in [0, 0.05) is 30.5 Å². The Morgan fingerprint density at radius 2 is 2.12 bits per heavy atom. The molecule has 0 bridgehead atoms. The van der Waals surface area contributed by atoms with Crippen molar-refractivity contribution in [2.24, 2.45) is 0 Å². The molecule has 1 aromatic carbocycles. The normalized spacial score (nSPS) is 16.8. The van der Waals surface area contributed by atoms with Crippen molar-refractivity contribution in [1.82, 2.24) is 5.32 Å². The molecule has 1 fully saturated rings. The molecule has 0 spiro atoms. The van der Waals surface area contributed by atoms with Gasteiger partial charge in [-0.05, 0) is 37.5 Å². The van der Waals surface area contributed by atoms with Crippen molar-refractivity contribution in [2.45, 2.75) is 25.8 Å². The van der Waals surface area contributed by atoms with Crippen LogP contribution in [0.1, 0.15) is 28.8 Å². The third kappa shape index (κ3) is 2.97. The topological polar surface area (TPSA) is 64.4 Å². The van der Waals surface area contributed by atoms with E-state index in [0.717, 1.165) is 31.6 Å². The van der Waals surface area contributed by atoms with Crippen LogP contribution in [0.2, 0.25) is 0 Å². The standard InChI is InChI=1S/C13H18N2O2/c1-9-2-3-10(14)8-12(9)13(16)15-11-4-6-17-7-5-11/h2-3,8,11H,4-7,14H2,1H3,(H,15,16). The van der Waals surface area contributed by atoms with E-state index >= 15 is 0 Å². The SMILES string of the molecule is Cc1ccc(N)cc1C(=O)NC1CCOCC1. The first-order chi connectivity index (χ1) is 8.16. The van der Waals surface area contributed by atoms with E-state index in [4.69, 9.17) is 10.5 Å². The van der Waals surface area contributed by atoms with Crippen LogP contribution < -0.4 is 11.1 Å². The van der Waals surface area contributed by atoms with Crippen LogP contribution in [0.4, 0.5) is 5.69 Å². The number of carbonyl (C=O) groups excluding carboxylic acids is 1. The van der Waals surface area contributed by atoms with E-state index in [1.54, 1.807) is 12.1 Å². The monoisotopic (exact) mass is 234 g/mol. The van der Waals surface area contributed by atoms with E-state index in [9.17, 15) is 4.79 Å². The molecule has 0 radical (unpaired) electrons. The van der Waals surface area contributed by atoms with Crippen molar-refractivity contribution in [1.29, 1.82) is 0 Å². The molecule has 92 valence electrons. The van der Waals surface area contributed by atoms with Gasteiger partial charge in [-0.15, -0.1) is 0 Å². The second-order valence-corrected chi connectivity index (χ2v) is 4.43. The summed E-state index contributed by atoms with van der Waals surface area (Å²) in [6.07, 6.45) is 1.76. The summed E-state index contributed by atoms with van der Waals surface area (Å²) >= 11 is 0. The van der Waals surface area contributed by atoms with Crippen molar-refractivity contribution in [2.75, 3.05) is 18.9 Å². The summed E-state index contributed by atoms with van der Waals surface area (Å²) in [6, 6.07) is 5.62. The number of nitrogens with two attached hydrogens (primary N) is 1. The van der Waals surface area contributed by atoms with Crippen LogP contribution in [0.5, 0.6) is 0 Å². The number of carbonyl (C=O) groups is 1. The van der Waals surface area contributed by atoms with Crippen molar-refractivity contribution in [3.05, 3.63) is 29.3 Å². The van der Waals surface area contributed by atoms with E-state index in [1.165, 1.54) is 0 Å². The number of hydrogen-bond acceptors (Lipinski definition) is 3. The van der Waals surface area contributed by atoms with Gasteiger partial charge in [0.1, 0.15) is 0 Å². The molecule has 0 aliphatic carbocycles. The molecule has 3 N–H and O–H groups in total. The van der Waals surface area contributed by atoms with Crippen LogP contribution in [0.15, 0.2) is 18.2 Å². The van der Waals surface area contributed by atoms with Crippen LogP contribution >= 0.6 is 0 Å². The van der Waals surface area contributed by atoms with Crippen molar-refractivity contribution in [3.8, 4) is 0 Å². The number of rotatable bonds is 2. The van der Waals surface area contributed by atoms with E-state index < -0.39 is 0 Å². The number of nitrogen functional groups attached to an aromatic ring is 1. The van der Waals surface area contributed by atoms with Gasteiger partial charge < -0.3 is 15.8 Å². The first-order valence-electron chi connectivity index (χ1n) is 5.91. The van der Waals surface area contributed by atoms with Crippen LogP contribution in [-0.4, -0.2) is 25.2 Å². The van der Waals surface area contributed by atoms with Gasteiger partial charge in [0.15, 0.2) is 0 Å². The zero-order chi connectivity index (χ0) is 12.3. The molecule has 1 amide bonds. The summed E-state index contributed by atoms with van der Waals surface area (Å²) in [6.45, 7) is 3.36. The molecule has 4 nitrogen and oxygen atoms in total. The van der Waals surface area contributed by atoms with Crippen LogP contribution in [0, 0.1) is 6.92 Å². The maximum atomic E-state index is 12.1. The number of benzene rings is 1. The van der Waals surface area contributed by atoms with E-state index in [1.807, 2.05) is 13.0 Å². The summed E-state index contributed by atoms with van der Waals surface area (Å²) in [7, 11) is 0. The maximum absolute atomic E-state index is 12.1. The Kier molecular flexibility index (Phi) is 3.64. The van der Waals surface area contributed by atoms with Gasteiger partial charge in [-0.1, -0.05) is 6.07 Å². The Morgan fingerprint density at radius 3 is 2.82 bits per heavy atom. The molecule has 2 rings (SSSR count). The van der Waals surface area contributed by atoms with Gasteiger partial charge in [-0.25, -0.2) is 0 Å². The molecule has 17 heavy (non-hydrogen) atoms. The molecule has 0 saturated carbocycles.